The van der Waals surface area contributed by atoms with E-state index >= 15 is 0 Å². The number of benzene rings is 1. The van der Waals surface area contributed by atoms with Crippen LogP contribution < -0.4 is 10.2 Å². The lowest BCUT2D eigenvalue weighted by Gasteiger charge is -2.22. The molecule has 1 heterocycles. The van der Waals surface area contributed by atoms with Crippen molar-refractivity contribution < 1.29 is 8.42 Å². The molecule has 1 aromatic rings. The number of rotatable bonds is 3. The Balaban J connectivity index is 0.00000180. The van der Waals surface area contributed by atoms with Crippen molar-refractivity contribution in [3.05, 3.63) is 24.3 Å². The van der Waals surface area contributed by atoms with Crippen LogP contribution >= 0.6 is 12.4 Å². The van der Waals surface area contributed by atoms with E-state index < -0.39 is 9.84 Å². The second-order valence-corrected chi connectivity index (χ2v) is 6.77. The van der Waals surface area contributed by atoms with E-state index in [-0.39, 0.29) is 18.2 Å². The molecule has 0 aliphatic carbocycles. The summed E-state index contributed by atoms with van der Waals surface area (Å²) in [6, 6.07) is 7.25. The fourth-order valence-electron chi connectivity index (χ4n) is 2.13. The number of sulfone groups is 1. The summed E-state index contributed by atoms with van der Waals surface area (Å²) in [6.45, 7) is 5.70. The molecule has 0 saturated carbocycles. The highest BCUT2D eigenvalue weighted by molar-refractivity contribution is 7.91. The summed E-state index contributed by atoms with van der Waals surface area (Å²) in [5.74, 6) is 0.153. The Hall–Kier alpha value is -0.780. The quantitative estimate of drug-likeness (QED) is 0.923. The largest absolute Gasteiger partial charge is 0.370 e. The standard InChI is InChI=1S/C13H20N2O2S.ClH/c1-2-18(16,17)13-6-4-12(5-7-13)15-10-3-8-14-9-11-15;/h4-7,14H,2-3,8-11H2,1H3;1H. The first-order valence-electron chi connectivity index (χ1n) is 6.42. The van der Waals surface area contributed by atoms with E-state index in [1.807, 2.05) is 12.1 Å². The van der Waals surface area contributed by atoms with Crippen molar-refractivity contribution in [3.8, 4) is 0 Å². The number of halogens is 1. The lowest BCUT2D eigenvalue weighted by atomic mass is 10.2. The van der Waals surface area contributed by atoms with Gasteiger partial charge in [-0.3, -0.25) is 0 Å². The van der Waals surface area contributed by atoms with Gasteiger partial charge in [0.05, 0.1) is 10.6 Å². The monoisotopic (exact) mass is 304 g/mol. The molecule has 0 spiro atoms. The number of hydrogen-bond acceptors (Lipinski definition) is 4. The third-order valence-electron chi connectivity index (χ3n) is 3.28. The van der Waals surface area contributed by atoms with Gasteiger partial charge in [-0.2, -0.15) is 0 Å². The van der Waals surface area contributed by atoms with E-state index in [1.165, 1.54) is 0 Å². The molecule has 1 N–H and O–H groups in total. The molecule has 0 atom stereocenters. The summed E-state index contributed by atoms with van der Waals surface area (Å²) < 4.78 is 23.4. The van der Waals surface area contributed by atoms with E-state index in [2.05, 4.69) is 10.2 Å². The fourth-order valence-corrected chi connectivity index (χ4v) is 3.02. The zero-order valence-electron chi connectivity index (χ0n) is 11.1. The van der Waals surface area contributed by atoms with Crippen molar-refractivity contribution in [2.24, 2.45) is 0 Å². The topological polar surface area (TPSA) is 49.4 Å². The highest BCUT2D eigenvalue weighted by Gasteiger charge is 2.13. The molecule has 0 aromatic heterocycles. The number of nitrogens with one attached hydrogen (secondary N) is 1. The van der Waals surface area contributed by atoms with Crippen LogP contribution in [0.4, 0.5) is 5.69 Å². The maximum atomic E-state index is 11.7. The first-order chi connectivity index (χ1) is 8.63. The molecule has 0 unspecified atom stereocenters. The SMILES string of the molecule is CCS(=O)(=O)c1ccc(N2CCCNCC2)cc1.Cl. The molecule has 6 heteroatoms. The van der Waals surface area contributed by atoms with Gasteiger partial charge in [0, 0.05) is 25.3 Å². The van der Waals surface area contributed by atoms with Crippen molar-refractivity contribution in [2.45, 2.75) is 18.2 Å². The molecule has 1 aliphatic heterocycles. The minimum atomic E-state index is -3.08. The molecular formula is C13H21ClN2O2S. The highest BCUT2D eigenvalue weighted by Crippen LogP contribution is 2.19. The molecule has 0 amide bonds. The average Bonchev–Trinajstić information content (AvgIpc) is 2.68. The molecular weight excluding hydrogens is 284 g/mol. The van der Waals surface area contributed by atoms with Crippen molar-refractivity contribution in [3.63, 3.8) is 0 Å². The minimum Gasteiger partial charge on any atom is -0.370 e. The van der Waals surface area contributed by atoms with Gasteiger partial charge in [-0.1, -0.05) is 6.92 Å². The molecule has 108 valence electrons. The van der Waals surface area contributed by atoms with Gasteiger partial charge in [0.15, 0.2) is 9.84 Å². The van der Waals surface area contributed by atoms with E-state index in [4.69, 9.17) is 0 Å². The van der Waals surface area contributed by atoms with Gasteiger partial charge in [-0.05, 0) is 37.2 Å². The van der Waals surface area contributed by atoms with Crippen molar-refractivity contribution >= 4 is 27.9 Å². The van der Waals surface area contributed by atoms with Gasteiger partial charge in [-0.15, -0.1) is 12.4 Å². The smallest absolute Gasteiger partial charge is 0.178 e. The Morgan fingerprint density at radius 3 is 2.47 bits per heavy atom. The number of anilines is 1. The van der Waals surface area contributed by atoms with Crippen molar-refractivity contribution in [1.29, 1.82) is 0 Å². The van der Waals surface area contributed by atoms with Gasteiger partial charge in [0.25, 0.3) is 0 Å². The zero-order valence-corrected chi connectivity index (χ0v) is 12.8. The van der Waals surface area contributed by atoms with Crippen LogP contribution in [-0.4, -0.2) is 40.3 Å². The van der Waals surface area contributed by atoms with Crippen LogP contribution in [-0.2, 0) is 9.84 Å². The number of hydrogen-bond donors (Lipinski definition) is 1. The highest BCUT2D eigenvalue weighted by atomic mass is 35.5. The Kier molecular flexibility index (Phi) is 6.10. The Morgan fingerprint density at radius 2 is 1.84 bits per heavy atom. The van der Waals surface area contributed by atoms with Gasteiger partial charge >= 0.3 is 0 Å². The van der Waals surface area contributed by atoms with Crippen LogP contribution in [0.3, 0.4) is 0 Å². The summed E-state index contributed by atoms with van der Waals surface area (Å²) >= 11 is 0. The lowest BCUT2D eigenvalue weighted by Crippen LogP contribution is -2.27. The predicted octanol–water partition coefficient (Wildman–Crippen LogP) is 1.70. The van der Waals surface area contributed by atoms with E-state index in [0.717, 1.165) is 38.3 Å². The third-order valence-corrected chi connectivity index (χ3v) is 5.03. The van der Waals surface area contributed by atoms with Crippen molar-refractivity contribution in [2.75, 3.05) is 36.8 Å². The molecule has 2 rings (SSSR count). The molecule has 1 fully saturated rings. The van der Waals surface area contributed by atoms with Crippen molar-refractivity contribution in [1.82, 2.24) is 5.32 Å². The minimum absolute atomic E-state index is 0. The third kappa shape index (κ3) is 4.09. The second kappa shape index (κ2) is 7.12. The number of nitrogens with zero attached hydrogens (tertiary/aromatic N) is 1. The van der Waals surface area contributed by atoms with Gasteiger partial charge in [0.1, 0.15) is 0 Å². The van der Waals surface area contributed by atoms with Crippen LogP contribution in [0.2, 0.25) is 0 Å². The maximum absolute atomic E-state index is 11.7. The summed E-state index contributed by atoms with van der Waals surface area (Å²) in [6.07, 6.45) is 1.12. The van der Waals surface area contributed by atoms with Gasteiger partial charge in [0.2, 0.25) is 0 Å². The summed E-state index contributed by atoms with van der Waals surface area (Å²) in [4.78, 5) is 2.71. The second-order valence-electron chi connectivity index (χ2n) is 4.49. The Bertz CT molecular complexity index is 480. The molecule has 1 saturated heterocycles. The normalized spacial score (nSPS) is 16.6. The molecule has 19 heavy (non-hydrogen) atoms. The summed E-state index contributed by atoms with van der Waals surface area (Å²) in [5, 5.41) is 3.35. The van der Waals surface area contributed by atoms with Crippen LogP contribution in [0.5, 0.6) is 0 Å². The lowest BCUT2D eigenvalue weighted by molar-refractivity contribution is 0.597. The molecule has 4 nitrogen and oxygen atoms in total. The molecule has 0 radical (unpaired) electrons. The average molecular weight is 305 g/mol. The molecule has 1 aromatic carbocycles. The van der Waals surface area contributed by atoms with Crippen LogP contribution in [0, 0.1) is 0 Å². The van der Waals surface area contributed by atoms with Crippen LogP contribution in [0.15, 0.2) is 29.2 Å². The Labute approximate surface area is 121 Å². The van der Waals surface area contributed by atoms with Gasteiger partial charge < -0.3 is 10.2 Å². The molecule has 0 bridgehead atoms. The molecule has 1 aliphatic rings. The summed E-state index contributed by atoms with van der Waals surface area (Å²) in [5.41, 5.74) is 1.11. The fraction of sp³-hybridized carbons (Fsp3) is 0.538. The van der Waals surface area contributed by atoms with Crippen LogP contribution in [0.25, 0.3) is 0 Å². The first kappa shape index (κ1) is 16.3. The predicted molar refractivity (Wildman–Crippen MR) is 81.1 cm³/mol. The van der Waals surface area contributed by atoms with E-state index in [0.29, 0.717) is 4.90 Å². The Morgan fingerprint density at radius 1 is 1.16 bits per heavy atom. The van der Waals surface area contributed by atoms with E-state index in [9.17, 15) is 8.42 Å². The first-order valence-corrected chi connectivity index (χ1v) is 8.07. The summed E-state index contributed by atoms with van der Waals surface area (Å²) in [7, 11) is -3.08. The maximum Gasteiger partial charge on any atom is 0.178 e. The van der Waals surface area contributed by atoms with Gasteiger partial charge in [-0.25, -0.2) is 8.42 Å². The zero-order chi connectivity index (χ0) is 13.0. The van der Waals surface area contributed by atoms with Crippen LogP contribution in [0.1, 0.15) is 13.3 Å². The van der Waals surface area contributed by atoms with E-state index in [1.54, 1.807) is 19.1 Å².